The zero-order valence-electron chi connectivity index (χ0n) is 31.3. The molecule has 6 N–H and O–H groups in total. The molecule has 51 heavy (non-hydrogen) atoms. The lowest BCUT2D eigenvalue weighted by molar-refractivity contribution is -0.126. The van der Waals surface area contributed by atoms with Crippen molar-refractivity contribution in [1.82, 2.24) is 0 Å². The number of aliphatic hydroxyl groups is 6. The predicted octanol–water partition coefficient (Wildman–Crippen LogP) is 4.36. The van der Waals surface area contributed by atoms with Gasteiger partial charge in [0.25, 0.3) is 0 Å². The third-order valence-corrected chi connectivity index (χ3v) is 8.85. The Morgan fingerprint density at radius 2 is 0.647 bits per heavy atom. The molecule has 0 heterocycles. The maximum absolute atomic E-state index is 12.2. The molecule has 296 valence electrons. The highest BCUT2D eigenvalue weighted by Gasteiger charge is 2.20. The quantitative estimate of drug-likeness (QED) is 0.0495. The molecule has 12 nitrogen and oxygen atoms in total. The van der Waals surface area contributed by atoms with Gasteiger partial charge in [0.1, 0.15) is 34.7 Å². The van der Waals surface area contributed by atoms with Gasteiger partial charge in [-0.3, -0.25) is 28.8 Å². The highest BCUT2D eigenvalue weighted by atomic mass is 16.3. The van der Waals surface area contributed by atoms with Crippen LogP contribution in [0.1, 0.15) is 174 Å². The third kappa shape index (κ3) is 30.0. The Morgan fingerprint density at radius 1 is 0.333 bits per heavy atom. The highest BCUT2D eigenvalue weighted by Crippen LogP contribution is 2.16. The minimum Gasteiger partial charge on any atom is -0.393 e. The standard InChI is InChI=1S/C39H68O12/c1-3-5-7-13-29(41)21-37(49)25-33(45)18-11-19-35(47)27-39(51)23-31(43)15-9-6-8-14-30(42)22-38(50)26-34(46)17-10-16-32(44)24-36(48)20-28(40)12-4-2/h29-30,36-39,41-42,48-51H,3-27H2,1-2H3/t29-,30-,36+,37-,38-,39+/m1/s1. The maximum Gasteiger partial charge on any atom is 0.135 e. The molecule has 0 unspecified atom stereocenters. The molecule has 0 aliphatic carbocycles. The lowest BCUT2D eigenvalue weighted by Crippen LogP contribution is -2.21. The first kappa shape index (κ1) is 48.8. The van der Waals surface area contributed by atoms with E-state index in [9.17, 15) is 59.4 Å². The topological polar surface area (TPSA) is 224 Å². The molecular weight excluding hydrogens is 660 g/mol. The SMILES string of the molecule is CCCCC[C@@H](O)C[C@@H](O)CC(=O)CCCC(=O)C[C@@H](O)CC(=O)CCCCC[C@@H](O)C[C@@H](O)CC(=O)CCCC(=O)C[C@@H](O)CC(=O)CCC. The third-order valence-electron chi connectivity index (χ3n) is 8.85. The lowest BCUT2D eigenvalue weighted by Gasteiger charge is -2.15. The summed E-state index contributed by atoms with van der Waals surface area (Å²) in [4.78, 5) is 72.3. The number of unbranched alkanes of at least 4 members (excludes halogenated alkanes) is 4. The minimum atomic E-state index is -1.09. The fourth-order valence-corrected chi connectivity index (χ4v) is 6.12. The van der Waals surface area contributed by atoms with Crippen LogP contribution < -0.4 is 0 Å². The van der Waals surface area contributed by atoms with Crippen molar-refractivity contribution >= 4 is 34.7 Å². The summed E-state index contributed by atoms with van der Waals surface area (Å²) in [6.45, 7) is 3.92. The van der Waals surface area contributed by atoms with Gasteiger partial charge in [-0.1, -0.05) is 46.0 Å². The van der Waals surface area contributed by atoms with Crippen molar-refractivity contribution in [3.63, 3.8) is 0 Å². The number of Topliss-reactive ketones (excluding diaryl/α,β-unsaturated/α-hetero) is 6. The van der Waals surface area contributed by atoms with Gasteiger partial charge in [0.05, 0.1) is 36.6 Å². The van der Waals surface area contributed by atoms with Gasteiger partial charge in [0.15, 0.2) is 0 Å². The van der Waals surface area contributed by atoms with Gasteiger partial charge in [-0.2, -0.15) is 0 Å². The van der Waals surface area contributed by atoms with E-state index < -0.39 is 36.6 Å². The van der Waals surface area contributed by atoms with Crippen molar-refractivity contribution in [1.29, 1.82) is 0 Å². The predicted molar refractivity (Wildman–Crippen MR) is 193 cm³/mol. The number of carbonyl (C=O) groups excluding carboxylic acids is 6. The molecule has 0 bridgehead atoms. The summed E-state index contributed by atoms with van der Waals surface area (Å²) in [6.07, 6.45) is 1.97. The number of hydrogen-bond donors (Lipinski definition) is 6. The summed E-state index contributed by atoms with van der Waals surface area (Å²) in [7, 11) is 0. The van der Waals surface area contributed by atoms with Gasteiger partial charge in [-0.05, 0) is 51.4 Å². The molecule has 0 aromatic carbocycles. The van der Waals surface area contributed by atoms with E-state index in [1.165, 1.54) is 0 Å². The second-order valence-corrected chi connectivity index (χ2v) is 14.4. The summed E-state index contributed by atoms with van der Waals surface area (Å²) in [5.74, 6) is -1.14. The van der Waals surface area contributed by atoms with Crippen molar-refractivity contribution in [2.75, 3.05) is 0 Å². The molecule has 0 rings (SSSR count). The Morgan fingerprint density at radius 3 is 1.00 bits per heavy atom. The molecule has 0 aliphatic rings. The van der Waals surface area contributed by atoms with Gasteiger partial charge in [0, 0.05) is 77.0 Å². The van der Waals surface area contributed by atoms with E-state index in [1.54, 1.807) is 0 Å². The summed E-state index contributed by atoms with van der Waals surface area (Å²) in [5.41, 5.74) is 0. The average molecular weight is 729 g/mol. The second kappa shape index (κ2) is 30.3. The molecule has 0 aromatic heterocycles. The van der Waals surface area contributed by atoms with Crippen molar-refractivity contribution in [3.8, 4) is 0 Å². The number of hydrogen-bond acceptors (Lipinski definition) is 12. The fraction of sp³-hybridized carbons (Fsp3) is 0.846. The van der Waals surface area contributed by atoms with Crippen LogP contribution in [0.25, 0.3) is 0 Å². The largest absolute Gasteiger partial charge is 0.393 e. The molecular formula is C39H68O12. The Balaban J connectivity index is 3.99. The summed E-state index contributed by atoms with van der Waals surface area (Å²) >= 11 is 0. The van der Waals surface area contributed by atoms with Gasteiger partial charge in [-0.15, -0.1) is 0 Å². The van der Waals surface area contributed by atoms with E-state index in [1.807, 2.05) is 6.92 Å². The number of aliphatic hydroxyl groups excluding tert-OH is 6. The smallest absolute Gasteiger partial charge is 0.135 e. The monoisotopic (exact) mass is 728 g/mol. The molecule has 0 spiro atoms. The first-order valence-electron chi connectivity index (χ1n) is 19.3. The normalized spacial score (nSPS) is 15.1. The zero-order chi connectivity index (χ0) is 38.6. The lowest BCUT2D eigenvalue weighted by atomic mass is 9.97. The van der Waals surface area contributed by atoms with Gasteiger partial charge in [0.2, 0.25) is 0 Å². The molecule has 0 aliphatic heterocycles. The van der Waals surface area contributed by atoms with E-state index in [-0.39, 0.29) is 125 Å². The number of rotatable bonds is 36. The number of ketones is 6. The zero-order valence-corrected chi connectivity index (χ0v) is 31.3. The van der Waals surface area contributed by atoms with Gasteiger partial charge >= 0.3 is 0 Å². The second-order valence-electron chi connectivity index (χ2n) is 14.4. The van der Waals surface area contributed by atoms with Crippen LogP contribution in [0, 0.1) is 0 Å². The van der Waals surface area contributed by atoms with E-state index in [4.69, 9.17) is 0 Å². The van der Waals surface area contributed by atoms with E-state index >= 15 is 0 Å². The first-order chi connectivity index (χ1) is 24.1. The Labute approximate surface area is 304 Å². The van der Waals surface area contributed by atoms with Crippen molar-refractivity contribution < 1.29 is 59.4 Å². The molecule has 0 saturated heterocycles. The number of carbonyl (C=O) groups is 6. The molecule has 12 heteroatoms. The Hall–Kier alpha value is -2.22. The van der Waals surface area contributed by atoms with Crippen molar-refractivity contribution in [2.24, 2.45) is 0 Å². The Kier molecular flexibility index (Phi) is 28.9. The van der Waals surface area contributed by atoms with Crippen LogP contribution in [-0.2, 0) is 28.8 Å². The first-order valence-corrected chi connectivity index (χ1v) is 19.3. The van der Waals surface area contributed by atoms with Crippen LogP contribution in [0.5, 0.6) is 0 Å². The van der Waals surface area contributed by atoms with Crippen LogP contribution in [0.2, 0.25) is 0 Å². The van der Waals surface area contributed by atoms with Crippen LogP contribution >= 0.6 is 0 Å². The Bertz CT molecular complexity index is 1010. The van der Waals surface area contributed by atoms with Crippen LogP contribution in [0.15, 0.2) is 0 Å². The summed E-state index contributed by atoms with van der Waals surface area (Å²) in [6, 6.07) is 0. The van der Waals surface area contributed by atoms with Gasteiger partial charge in [-0.25, -0.2) is 0 Å². The summed E-state index contributed by atoms with van der Waals surface area (Å²) in [5, 5.41) is 60.4. The molecule has 0 amide bonds. The molecule has 6 atom stereocenters. The van der Waals surface area contributed by atoms with Crippen molar-refractivity contribution in [2.45, 2.75) is 211 Å². The molecule has 0 fully saturated rings. The van der Waals surface area contributed by atoms with Gasteiger partial charge < -0.3 is 30.6 Å². The van der Waals surface area contributed by atoms with E-state index in [2.05, 4.69) is 6.92 Å². The van der Waals surface area contributed by atoms with E-state index in [0.717, 1.165) is 19.3 Å². The van der Waals surface area contributed by atoms with E-state index in [0.29, 0.717) is 51.4 Å². The average Bonchev–Trinajstić information content (AvgIpc) is 3.00. The maximum atomic E-state index is 12.2. The molecule has 0 saturated carbocycles. The highest BCUT2D eigenvalue weighted by molar-refractivity contribution is 5.84. The fourth-order valence-electron chi connectivity index (χ4n) is 6.12. The molecule has 0 aromatic rings. The molecule has 0 radical (unpaired) electrons. The van der Waals surface area contributed by atoms with Crippen molar-refractivity contribution in [3.05, 3.63) is 0 Å². The van der Waals surface area contributed by atoms with Crippen LogP contribution in [-0.4, -0.2) is 102 Å². The van der Waals surface area contributed by atoms with Crippen LogP contribution in [0.3, 0.4) is 0 Å². The van der Waals surface area contributed by atoms with Crippen LogP contribution in [0.4, 0.5) is 0 Å². The summed E-state index contributed by atoms with van der Waals surface area (Å²) < 4.78 is 0. The minimum absolute atomic E-state index is 0.0290.